The Morgan fingerprint density at radius 2 is 1.60 bits per heavy atom. The van der Waals surface area contributed by atoms with Crippen molar-refractivity contribution in [2.24, 2.45) is 0 Å². The highest BCUT2D eigenvalue weighted by Gasteiger charge is 2.20. The molecule has 1 aromatic heterocycles. The van der Waals surface area contributed by atoms with Crippen molar-refractivity contribution >= 4 is 11.8 Å². The zero-order valence-corrected chi connectivity index (χ0v) is 20.4. The molecule has 0 bridgehead atoms. The molecule has 0 fully saturated rings. The van der Waals surface area contributed by atoms with Gasteiger partial charge in [0, 0.05) is 23.5 Å². The van der Waals surface area contributed by atoms with Gasteiger partial charge in [-0.05, 0) is 61.7 Å². The van der Waals surface area contributed by atoms with Gasteiger partial charge in [0.2, 0.25) is 5.78 Å². The van der Waals surface area contributed by atoms with Crippen molar-refractivity contribution in [2.45, 2.75) is 52.1 Å². The van der Waals surface area contributed by atoms with Crippen molar-refractivity contribution in [2.75, 3.05) is 6.61 Å². The summed E-state index contributed by atoms with van der Waals surface area (Å²) in [5.74, 6) is 0.392. The number of ether oxygens (including phenoxy) is 2. The fourth-order valence-corrected chi connectivity index (χ4v) is 3.53. The molecule has 35 heavy (non-hydrogen) atoms. The molecule has 0 aliphatic carbocycles. The first-order valence-corrected chi connectivity index (χ1v) is 12.0. The van der Waals surface area contributed by atoms with Crippen molar-refractivity contribution in [1.82, 2.24) is 9.97 Å². The monoisotopic (exact) mass is 472 g/mol. The molecule has 0 N–H and O–H groups in total. The van der Waals surface area contributed by atoms with Gasteiger partial charge in [-0.3, -0.25) is 4.79 Å². The Morgan fingerprint density at radius 3 is 2.23 bits per heavy atom. The molecule has 3 rings (SSSR count). The molecule has 1 atom stereocenters. The van der Waals surface area contributed by atoms with Gasteiger partial charge in [0.15, 0.2) is 11.9 Å². The maximum Gasteiger partial charge on any atom is 0.338 e. The van der Waals surface area contributed by atoms with E-state index in [1.54, 1.807) is 61.5 Å². The van der Waals surface area contributed by atoms with Gasteiger partial charge in [-0.2, -0.15) is 0 Å². The fraction of sp³-hybridized carbons (Fsp3) is 0.310. The standard InChI is InChI=1S/C29H32N2O4/c1-4-6-7-8-9-22-19-30-28(31-20-22)24-10-12-25(13-11-24)29(33)35-21(3)27(32)23-14-16-26(17-15-23)34-18-5-2/h5,10-17,19-21H,2,4,6-9,18H2,1,3H3. The van der Waals surface area contributed by atoms with E-state index in [1.165, 1.54) is 19.3 Å². The first kappa shape index (κ1) is 25.8. The average molecular weight is 473 g/mol. The molecule has 182 valence electrons. The molecule has 0 aliphatic heterocycles. The van der Waals surface area contributed by atoms with Gasteiger partial charge >= 0.3 is 5.97 Å². The van der Waals surface area contributed by atoms with Gasteiger partial charge < -0.3 is 9.47 Å². The molecule has 0 saturated carbocycles. The number of hydrogen-bond acceptors (Lipinski definition) is 6. The highest BCUT2D eigenvalue weighted by atomic mass is 16.5. The Kier molecular flexibility index (Phi) is 9.72. The number of unbranched alkanes of at least 4 members (excludes halogenated alkanes) is 3. The van der Waals surface area contributed by atoms with Crippen LogP contribution in [0.4, 0.5) is 0 Å². The van der Waals surface area contributed by atoms with E-state index in [0.717, 1.165) is 24.0 Å². The number of aromatic nitrogens is 2. The van der Waals surface area contributed by atoms with Crippen LogP contribution in [0.15, 0.2) is 73.6 Å². The van der Waals surface area contributed by atoms with Crippen LogP contribution in [-0.2, 0) is 11.2 Å². The predicted octanol–water partition coefficient (Wildman–Crippen LogP) is 6.26. The lowest BCUT2D eigenvalue weighted by Gasteiger charge is -2.13. The Hall–Kier alpha value is -3.80. The van der Waals surface area contributed by atoms with Gasteiger partial charge in [0.25, 0.3) is 0 Å². The zero-order valence-electron chi connectivity index (χ0n) is 20.4. The summed E-state index contributed by atoms with van der Waals surface area (Å²) >= 11 is 0. The topological polar surface area (TPSA) is 78.4 Å². The molecule has 6 heteroatoms. The minimum absolute atomic E-state index is 0.284. The van der Waals surface area contributed by atoms with Gasteiger partial charge in [0.05, 0.1) is 5.56 Å². The van der Waals surface area contributed by atoms with Gasteiger partial charge in [0.1, 0.15) is 12.4 Å². The number of nitrogens with zero attached hydrogens (tertiary/aromatic N) is 2. The van der Waals surface area contributed by atoms with Crippen LogP contribution < -0.4 is 4.74 Å². The number of Topliss-reactive ketones (excluding diaryl/α,β-unsaturated/α-hetero) is 1. The molecule has 1 unspecified atom stereocenters. The molecular formula is C29H32N2O4. The number of rotatable bonds is 13. The molecule has 0 spiro atoms. The summed E-state index contributed by atoms with van der Waals surface area (Å²) in [6, 6.07) is 13.6. The molecule has 0 aliphatic rings. The summed E-state index contributed by atoms with van der Waals surface area (Å²) < 4.78 is 10.8. The van der Waals surface area contributed by atoms with E-state index in [1.807, 2.05) is 12.4 Å². The van der Waals surface area contributed by atoms with Gasteiger partial charge in [-0.25, -0.2) is 14.8 Å². The first-order valence-electron chi connectivity index (χ1n) is 12.0. The van der Waals surface area contributed by atoms with E-state index in [9.17, 15) is 9.59 Å². The summed E-state index contributed by atoms with van der Waals surface area (Å²) in [5, 5.41) is 0. The minimum Gasteiger partial charge on any atom is -0.490 e. The Balaban J connectivity index is 1.55. The average Bonchev–Trinajstić information content (AvgIpc) is 2.90. The number of aryl methyl sites for hydroxylation is 1. The molecular weight excluding hydrogens is 440 g/mol. The van der Waals surface area contributed by atoms with E-state index >= 15 is 0 Å². The summed E-state index contributed by atoms with van der Waals surface area (Å²) in [5.41, 5.74) is 2.73. The first-order chi connectivity index (χ1) is 17.0. The Bertz CT molecular complexity index is 1110. The van der Waals surface area contributed by atoms with Crippen molar-refractivity contribution in [3.63, 3.8) is 0 Å². The van der Waals surface area contributed by atoms with Crippen molar-refractivity contribution in [3.05, 3.63) is 90.3 Å². The lowest BCUT2D eigenvalue weighted by Crippen LogP contribution is -2.24. The van der Waals surface area contributed by atoms with Crippen molar-refractivity contribution in [1.29, 1.82) is 0 Å². The quantitative estimate of drug-likeness (QED) is 0.126. The van der Waals surface area contributed by atoms with Crippen LogP contribution >= 0.6 is 0 Å². The zero-order chi connectivity index (χ0) is 25.0. The molecule has 3 aromatic rings. The van der Waals surface area contributed by atoms with E-state index in [-0.39, 0.29) is 5.78 Å². The summed E-state index contributed by atoms with van der Waals surface area (Å²) in [6.45, 7) is 7.75. The number of esters is 1. The maximum atomic E-state index is 12.7. The predicted molar refractivity (Wildman–Crippen MR) is 137 cm³/mol. The maximum absolute atomic E-state index is 12.7. The molecule has 2 aromatic carbocycles. The summed E-state index contributed by atoms with van der Waals surface area (Å²) in [7, 11) is 0. The third kappa shape index (κ3) is 7.60. The van der Waals surface area contributed by atoms with Crippen molar-refractivity contribution in [3.8, 4) is 17.1 Å². The van der Waals surface area contributed by atoms with Crippen molar-refractivity contribution < 1.29 is 19.1 Å². The van der Waals surface area contributed by atoms with Crippen LogP contribution in [0.25, 0.3) is 11.4 Å². The van der Waals surface area contributed by atoms with E-state index in [4.69, 9.17) is 9.47 Å². The van der Waals surface area contributed by atoms with Crippen LogP contribution in [0.2, 0.25) is 0 Å². The van der Waals surface area contributed by atoms with Crippen LogP contribution in [0.1, 0.15) is 65.8 Å². The summed E-state index contributed by atoms with van der Waals surface area (Å²) in [6.07, 6.45) is 10.3. The fourth-order valence-electron chi connectivity index (χ4n) is 3.53. The number of benzene rings is 2. The van der Waals surface area contributed by atoms with Crippen LogP contribution in [0, 0.1) is 0 Å². The molecule has 0 saturated heterocycles. The molecule has 0 radical (unpaired) electrons. The number of carbonyl (C=O) groups is 2. The third-order valence-corrected chi connectivity index (χ3v) is 5.56. The largest absolute Gasteiger partial charge is 0.490 e. The second kappa shape index (κ2) is 13.2. The SMILES string of the molecule is C=CCOc1ccc(C(=O)C(C)OC(=O)c2ccc(-c3ncc(CCCCCC)cn3)cc2)cc1. The second-order valence-corrected chi connectivity index (χ2v) is 8.34. The van der Waals surface area contributed by atoms with Gasteiger partial charge in [-0.1, -0.05) is 51.0 Å². The van der Waals surface area contributed by atoms with E-state index < -0.39 is 12.1 Å². The second-order valence-electron chi connectivity index (χ2n) is 8.34. The third-order valence-electron chi connectivity index (χ3n) is 5.56. The molecule has 1 heterocycles. The highest BCUT2D eigenvalue weighted by Crippen LogP contribution is 2.18. The highest BCUT2D eigenvalue weighted by molar-refractivity contribution is 6.01. The van der Waals surface area contributed by atoms with Crippen LogP contribution in [-0.4, -0.2) is 34.4 Å². The smallest absolute Gasteiger partial charge is 0.338 e. The number of ketones is 1. The van der Waals surface area contributed by atoms with E-state index in [2.05, 4.69) is 23.5 Å². The normalized spacial score (nSPS) is 11.5. The molecule has 0 amide bonds. The number of hydrogen-bond donors (Lipinski definition) is 0. The van der Waals surface area contributed by atoms with Crippen LogP contribution in [0.5, 0.6) is 5.75 Å². The number of carbonyl (C=O) groups excluding carboxylic acids is 2. The minimum atomic E-state index is -0.921. The Morgan fingerprint density at radius 1 is 0.943 bits per heavy atom. The van der Waals surface area contributed by atoms with Gasteiger partial charge in [-0.15, -0.1) is 0 Å². The molecule has 6 nitrogen and oxygen atoms in total. The lowest BCUT2D eigenvalue weighted by atomic mass is 10.1. The summed E-state index contributed by atoms with van der Waals surface area (Å²) in [4.78, 5) is 34.1. The lowest BCUT2D eigenvalue weighted by molar-refractivity contribution is 0.0319. The van der Waals surface area contributed by atoms with E-state index in [0.29, 0.717) is 29.3 Å². The van der Waals surface area contributed by atoms with Crippen LogP contribution in [0.3, 0.4) is 0 Å². The Labute approximate surface area is 207 Å².